The summed E-state index contributed by atoms with van der Waals surface area (Å²) in [6, 6.07) is 4.10. The van der Waals surface area contributed by atoms with Crippen molar-refractivity contribution in [2.45, 2.75) is 32.4 Å². The molecule has 0 saturated carbocycles. The molecule has 3 heterocycles. The first-order valence-electron chi connectivity index (χ1n) is 8.41. The first kappa shape index (κ1) is 16.5. The predicted octanol–water partition coefficient (Wildman–Crippen LogP) is 0.583. The van der Waals surface area contributed by atoms with Crippen LogP contribution in [-0.2, 0) is 17.9 Å². The highest BCUT2D eigenvalue weighted by atomic mass is 16.2. The summed E-state index contributed by atoms with van der Waals surface area (Å²) < 4.78 is 1.66. The van der Waals surface area contributed by atoms with Crippen molar-refractivity contribution in [3.05, 3.63) is 36.4 Å². The fourth-order valence-corrected chi connectivity index (χ4v) is 2.96. The number of hydrogen-bond donors (Lipinski definition) is 0. The van der Waals surface area contributed by atoms with Crippen molar-refractivity contribution in [2.75, 3.05) is 26.2 Å². The van der Waals surface area contributed by atoms with E-state index in [1.165, 1.54) is 5.56 Å². The molecule has 0 radical (unpaired) electrons. The second-order valence-electron chi connectivity index (χ2n) is 6.04. The van der Waals surface area contributed by atoms with Crippen molar-refractivity contribution in [3.8, 4) is 0 Å². The van der Waals surface area contributed by atoms with Crippen LogP contribution in [0, 0.1) is 0 Å². The third-order valence-electron chi connectivity index (χ3n) is 4.27. The summed E-state index contributed by atoms with van der Waals surface area (Å²) in [6.45, 7) is 5.19. The van der Waals surface area contributed by atoms with E-state index in [0.29, 0.717) is 13.0 Å². The van der Waals surface area contributed by atoms with E-state index in [-0.39, 0.29) is 5.91 Å². The Balaban J connectivity index is 1.42. The fraction of sp³-hybridized carbons (Fsp3) is 0.562. The van der Waals surface area contributed by atoms with E-state index in [4.69, 9.17) is 0 Å². The van der Waals surface area contributed by atoms with Crippen LogP contribution in [0.5, 0.6) is 0 Å². The van der Waals surface area contributed by atoms with Gasteiger partial charge in [-0.2, -0.15) is 0 Å². The van der Waals surface area contributed by atoms with Gasteiger partial charge < -0.3 is 4.90 Å². The maximum absolute atomic E-state index is 12.4. The Morgan fingerprint density at radius 3 is 2.79 bits per heavy atom. The minimum absolute atomic E-state index is 0.230. The minimum atomic E-state index is 0.230. The van der Waals surface area contributed by atoms with Gasteiger partial charge in [-0.05, 0) is 41.0 Å². The van der Waals surface area contributed by atoms with Gasteiger partial charge in [-0.3, -0.25) is 14.7 Å². The largest absolute Gasteiger partial charge is 0.341 e. The molecule has 8 heteroatoms. The summed E-state index contributed by atoms with van der Waals surface area (Å²) in [5, 5.41) is 11.0. The SMILES string of the molecule is O=C(CCCn1cnnn1)N1CCCN(Cc2ccncc2)CC1. The summed E-state index contributed by atoms with van der Waals surface area (Å²) in [5.74, 6) is 0.230. The van der Waals surface area contributed by atoms with Gasteiger partial charge in [0.25, 0.3) is 0 Å². The van der Waals surface area contributed by atoms with Gasteiger partial charge in [-0.25, -0.2) is 4.68 Å². The van der Waals surface area contributed by atoms with Crippen molar-refractivity contribution in [1.29, 1.82) is 0 Å². The Kier molecular flexibility index (Phi) is 5.84. The van der Waals surface area contributed by atoms with Gasteiger partial charge in [0.05, 0.1) is 0 Å². The lowest BCUT2D eigenvalue weighted by molar-refractivity contribution is -0.131. The van der Waals surface area contributed by atoms with Gasteiger partial charge in [0.15, 0.2) is 0 Å². The van der Waals surface area contributed by atoms with Gasteiger partial charge >= 0.3 is 0 Å². The monoisotopic (exact) mass is 329 g/mol. The van der Waals surface area contributed by atoms with Crippen LogP contribution in [0.2, 0.25) is 0 Å². The van der Waals surface area contributed by atoms with E-state index in [1.807, 2.05) is 29.4 Å². The van der Waals surface area contributed by atoms with Crippen molar-refractivity contribution in [3.63, 3.8) is 0 Å². The van der Waals surface area contributed by atoms with Crippen molar-refractivity contribution in [2.24, 2.45) is 0 Å². The van der Waals surface area contributed by atoms with Crippen LogP contribution in [0.15, 0.2) is 30.9 Å². The molecule has 24 heavy (non-hydrogen) atoms. The average molecular weight is 329 g/mol. The fourth-order valence-electron chi connectivity index (χ4n) is 2.96. The summed E-state index contributed by atoms with van der Waals surface area (Å²) in [5.41, 5.74) is 1.27. The smallest absolute Gasteiger partial charge is 0.222 e. The first-order chi connectivity index (χ1) is 11.8. The number of pyridine rings is 1. The number of carbonyl (C=O) groups is 1. The second-order valence-corrected chi connectivity index (χ2v) is 6.04. The highest BCUT2D eigenvalue weighted by Crippen LogP contribution is 2.10. The molecule has 0 aliphatic carbocycles. The number of aryl methyl sites for hydroxylation is 1. The summed E-state index contributed by atoms with van der Waals surface area (Å²) in [7, 11) is 0. The van der Waals surface area contributed by atoms with E-state index in [9.17, 15) is 4.79 Å². The van der Waals surface area contributed by atoms with Crippen LogP contribution >= 0.6 is 0 Å². The Labute approximate surface area is 141 Å². The molecule has 0 spiro atoms. The molecule has 1 aliphatic heterocycles. The van der Waals surface area contributed by atoms with Gasteiger partial charge in [0.2, 0.25) is 5.91 Å². The number of carbonyl (C=O) groups excluding carboxylic acids is 1. The van der Waals surface area contributed by atoms with E-state index >= 15 is 0 Å². The maximum atomic E-state index is 12.4. The number of amides is 1. The molecule has 0 N–H and O–H groups in total. The lowest BCUT2D eigenvalue weighted by atomic mass is 10.2. The van der Waals surface area contributed by atoms with Crippen LogP contribution in [0.4, 0.5) is 0 Å². The Morgan fingerprint density at radius 2 is 2.00 bits per heavy atom. The van der Waals surface area contributed by atoms with E-state index in [0.717, 1.165) is 45.6 Å². The lowest BCUT2D eigenvalue weighted by Gasteiger charge is -2.22. The predicted molar refractivity (Wildman–Crippen MR) is 87.8 cm³/mol. The van der Waals surface area contributed by atoms with Crippen LogP contribution < -0.4 is 0 Å². The zero-order chi connectivity index (χ0) is 16.6. The molecule has 1 saturated heterocycles. The molecule has 3 rings (SSSR count). The number of nitrogens with zero attached hydrogens (tertiary/aromatic N) is 7. The van der Waals surface area contributed by atoms with E-state index in [2.05, 4.69) is 25.4 Å². The number of aromatic nitrogens is 5. The van der Waals surface area contributed by atoms with E-state index in [1.54, 1.807) is 11.0 Å². The standard InChI is InChI=1S/C16H23N7O/c24-16(3-1-10-23-14-18-19-20-23)22-9-2-8-21(11-12-22)13-15-4-6-17-7-5-15/h4-7,14H,1-3,8-13H2. The zero-order valence-corrected chi connectivity index (χ0v) is 13.8. The highest BCUT2D eigenvalue weighted by Gasteiger charge is 2.18. The van der Waals surface area contributed by atoms with Gasteiger partial charge in [0, 0.05) is 58.1 Å². The summed E-state index contributed by atoms with van der Waals surface area (Å²) in [4.78, 5) is 20.8. The molecule has 128 valence electrons. The van der Waals surface area contributed by atoms with Gasteiger partial charge in [-0.1, -0.05) is 0 Å². The molecule has 2 aromatic rings. The second kappa shape index (κ2) is 8.49. The molecule has 8 nitrogen and oxygen atoms in total. The normalized spacial score (nSPS) is 16.1. The molecule has 0 atom stereocenters. The molecular formula is C16H23N7O. The number of rotatable bonds is 6. The molecule has 1 aliphatic rings. The van der Waals surface area contributed by atoms with Crippen LogP contribution in [0.25, 0.3) is 0 Å². The number of tetrazole rings is 1. The Morgan fingerprint density at radius 1 is 1.12 bits per heavy atom. The van der Waals surface area contributed by atoms with Gasteiger partial charge in [-0.15, -0.1) is 5.10 Å². The third kappa shape index (κ3) is 4.82. The molecule has 1 amide bonds. The van der Waals surface area contributed by atoms with Crippen LogP contribution in [0.1, 0.15) is 24.8 Å². The molecule has 1 fully saturated rings. The van der Waals surface area contributed by atoms with Crippen molar-refractivity contribution >= 4 is 5.91 Å². The minimum Gasteiger partial charge on any atom is -0.341 e. The zero-order valence-electron chi connectivity index (χ0n) is 13.8. The average Bonchev–Trinajstić information content (AvgIpc) is 3.01. The quantitative estimate of drug-likeness (QED) is 0.771. The molecule has 0 aromatic carbocycles. The molecule has 0 unspecified atom stereocenters. The van der Waals surface area contributed by atoms with Crippen molar-refractivity contribution < 1.29 is 4.79 Å². The summed E-state index contributed by atoms with van der Waals surface area (Å²) in [6.07, 6.45) is 7.56. The third-order valence-corrected chi connectivity index (χ3v) is 4.27. The van der Waals surface area contributed by atoms with E-state index < -0.39 is 0 Å². The number of hydrogen-bond acceptors (Lipinski definition) is 6. The van der Waals surface area contributed by atoms with Gasteiger partial charge in [0.1, 0.15) is 6.33 Å². The molecule has 2 aromatic heterocycles. The molecule has 0 bridgehead atoms. The topological polar surface area (TPSA) is 80.0 Å². The van der Waals surface area contributed by atoms with Crippen LogP contribution in [-0.4, -0.2) is 67.1 Å². The lowest BCUT2D eigenvalue weighted by Crippen LogP contribution is -2.35. The summed E-state index contributed by atoms with van der Waals surface area (Å²) >= 11 is 0. The van der Waals surface area contributed by atoms with Crippen molar-refractivity contribution in [1.82, 2.24) is 35.0 Å². The highest BCUT2D eigenvalue weighted by molar-refractivity contribution is 5.76. The van der Waals surface area contributed by atoms with Crippen LogP contribution in [0.3, 0.4) is 0 Å². The maximum Gasteiger partial charge on any atom is 0.222 e. The molecular weight excluding hydrogens is 306 g/mol. The Hall–Kier alpha value is -2.35. The first-order valence-corrected chi connectivity index (χ1v) is 8.41. The Bertz CT molecular complexity index is 617.